The summed E-state index contributed by atoms with van der Waals surface area (Å²) in [5.41, 5.74) is 0. The zero-order chi connectivity index (χ0) is 17.2. The molecule has 0 bridgehead atoms. The first-order valence-corrected chi connectivity index (χ1v) is 9.82. The number of hydrogen-bond acceptors (Lipinski definition) is 4. The molecule has 0 spiro atoms. The van der Waals surface area contributed by atoms with Crippen LogP contribution in [0.15, 0.2) is 4.99 Å². The Balaban J connectivity index is 5.10. The van der Waals surface area contributed by atoms with Crippen LogP contribution in [0.1, 0.15) is 46.5 Å². The van der Waals surface area contributed by atoms with Crippen LogP contribution in [0, 0.1) is 0 Å². The third-order valence-corrected chi connectivity index (χ3v) is 4.19. The molecule has 0 aromatic carbocycles. The van der Waals surface area contributed by atoms with Crippen LogP contribution in [0.25, 0.3) is 0 Å². The number of aliphatic imine (C=N–C) groups is 1. The van der Waals surface area contributed by atoms with E-state index in [1.807, 2.05) is 14.1 Å². The van der Waals surface area contributed by atoms with Gasteiger partial charge in [-0.3, -0.25) is 4.48 Å². The maximum Gasteiger partial charge on any atom is 0.299 e. The van der Waals surface area contributed by atoms with Crippen molar-refractivity contribution in [2.24, 2.45) is 4.99 Å². The molecule has 132 valence electrons. The van der Waals surface area contributed by atoms with E-state index in [-0.39, 0.29) is 5.75 Å². The molecule has 0 heterocycles. The molecule has 7 heteroatoms. The highest BCUT2D eigenvalue weighted by Gasteiger charge is 2.28. The Bertz CT molecular complexity index is 427. The van der Waals surface area contributed by atoms with Gasteiger partial charge in [0.15, 0.2) is 0 Å². The van der Waals surface area contributed by atoms with Gasteiger partial charge in [-0.15, -0.1) is 0 Å². The average Bonchev–Trinajstić information content (AvgIpc) is 2.37. The van der Waals surface area contributed by atoms with E-state index in [1.165, 1.54) is 0 Å². The van der Waals surface area contributed by atoms with Crippen molar-refractivity contribution in [2.75, 3.05) is 46.0 Å². The first-order valence-electron chi connectivity index (χ1n) is 8.24. The summed E-state index contributed by atoms with van der Waals surface area (Å²) in [6.45, 7) is 9.62. The third kappa shape index (κ3) is 8.70. The normalized spacial score (nSPS) is 13.5. The minimum Gasteiger partial charge on any atom is -0.748 e. The summed E-state index contributed by atoms with van der Waals surface area (Å²) < 4.78 is 32.9. The second-order valence-corrected chi connectivity index (χ2v) is 7.72. The van der Waals surface area contributed by atoms with E-state index >= 15 is 0 Å². The number of rotatable bonds is 10. The molecule has 0 aliphatic heterocycles. The summed E-state index contributed by atoms with van der Waals surface area (Å²) in [5.74, 6) is 0.686. The van der Waals surface area contributed by atoms with Gasteiger partial charge in [-0.05, 0) is 19.3 Å². The summed E-state index contributed by atoms with van der Waals surface area (Å²) >= 11 is 0. The van der Waals surface area contributed by atoms with E-state index < -0.39 is 10.1 Å². The standard InChI is InChI=1S/C15H33N3O3S/c1-6-10-16-15(17(11-7-2)12-8-3)18(4,5)13-9-14-22(19,20)21/h6-14H2,1-5H3. The van der Waals surface area contributed by atoms with E-state index in [0.29, 0.717) is 17.4 Å². The summed E-state index contributed by atoms with van der Waals surface area (Å²) in [5, 5.41) is 0. The monoisotopic (exact) mass is 335 g/mol. The van der Waals surface area contributed by atoms with E-state index in [9.17, 15) is 13.0 Å². The smallest absolute Gasteiger partial charge is 0.299 e. The summed E-state index contributed by atoms with van der Waals surface area (Å²) in [6, 6.07) is 0. The Kier molecular flexibility index (Phi) is 9.87. The Morgan fingerprint density at radius 3 is 2.05 bits per heavy atom. The lowest BCUT2D eigenvalue weighted by Gasteiger charge is -2.36. The SMILES string of the molecule is CCCN=C(N(CCC)CCC)[N+](C)(C)CCCS(=O)(=O)[O-]. The second kappa shape index (κ2) is 10.2. The topological polar surface area (TPSA) is 72.8 Å². The maximum absolute atomic E-state index is 10.8. The van der Waals surface area contributed by atoms with Crippen molar-refractivity contribution in [2.45, 2.75) is 46.5 Å². The fourth-order valence-corrected chi connectivity index (χ4v) is 2.96. The molecule has 6 nitrogen and oxygen atoms in total. The molecule has 0 saturated heterocycles. The van der Waals surface area contributed by atoms with Gasteiger partial charge in [0.05, 0.1) is 30.8 Å². The minimum atomic E-state index is -4.14. The maximum atomic E-state index is 10.8. The Morgan fingerprint density at radius 2 is 1.64 bits per heavy atom. The van der Waals surface area contributed by atoms with Gasteiger partial charge in [0, 0.05) is 31.8 Å². The second-order valence-electron chi connectivity index (χ2n) is 6.19. The highest BCUT2D eigenvalue weighted by Crippen LogP contribution is 2.10. The van der Waals surface area contributed by atoms with E-state index in [0.717, 1.165) is 44.9 Å². The molecule has 0 rings (SSSR count). The van der Waals surface area contributed by atoms with Crippen LogP contribution < -0.4 is 0 Å². The largest absolute Gasteiger partial charge is 0.748 e. The van der Waals surface area contributed by atoms with Gasteiger partial charge in [0.25, 0.3) is 5.96 Å². The van der Waals surface area contributed by atoms with Crippen LogP contribution in [-0.4, -0.2) is 74.3 Å². The number of nitrogens with zero attached hydrogens (tertiary/aromatic N) is 3. The predicted octanol–water partition coefficient (Wildman–Crippen LogP) is 1.89. The molecule has 0 atom stereocenters. The summed E-state index contributed by atoms with van der Waals surface area (Å²) in [7, 11) is -0.0794. The van der Waals surface area contributed by atoms with Crippen LogP contribution in [0.2, 0.25) is 0 Å². The summed E-state index contributed by atoms with van der Waals surface area (Å²) in [6.07, 6.45) is 3.42. The third-order valence-electron chi connectivity index (χ3n) is 3.40. The van der Waals surface area contributed by atoms with Crippen molar-refractivity contribution < 1.29 is 17.5 Å². The Labute approximate surface area is 136 Å². The van der Waals surface area contributed by atoms with Crippen molar-refractivity contribution in [3.05, 3.63) is 0 Å². The van der Waals surface area contributed by atoms with Crippen LogP contribution in [0.3, 0.4) is 0 Å². The summed E-state index contributed by atoms with van der Waals surface area (Å²) in [4.78, 5) is 7.05. The Morgan fingerprint density at radius 1 is 1.09 bits per heavy atom. The minimum absolute atomic E-state index is 0.308. The van der Waals surface area contributed by atoms with Gasteiger partial charge in [0.2, 0.25) is 0 Å². The Hall–Kier alpha value is -0.660. The highest BCUT2D eigenvalue weighted by atomic mass is 32.2. The first kappa shape index (κ1) is 21.3. The van der Waals surface area contributed by atoms with Crippen LogP contribution in [0.5, 0.6) is 0 Å². The molecule has 0 aromatic heterocycles. The van der Waals surface area contributed by atoms with Crippen LogP contribution in [0.4, 0.5) is 0 Å². The number of hydrogen-bond donors (Lipinski definition) is 0. The lowest BCUT2D eigenvalue weighted by atomic mass is 10.3. The number of quaternary nitrogens is 1. The molecule has 22 heavy (non-hydrogen) atoms. The van der Waals surface area contributed by atoms with Crippen molar-refractivity contribution >= 4 is 16.1 Å². The van der Waals surface area contributed by atoms with Gasteiger partial charge in [-0.2, -0.15) is 0 Å². The molecule has 0 aliphatic rings. The van der Waals surface area contributed by atoms with Crippen LogP contribution in [-0.2, 0) is 10.1 Å². The fourth-order valence-electron chi connectivity index (χ4n) is 2.47. The van der Waals surface area contributed by atoms with Gasteiger partial charge in [-0.25, -0.2) is 13.4 Å². The van der Waals surface area contributed by atoms with E-state index in [1.54, 1.807) is 0 Å². The van der Waals surface area contributed by atoms with Crippen LogP contribution >= 0.6 is 0 Å². The zero-order valence-corrected chi connectivity index (χ0v) is 15.7. The van der Waals surface area contributed by atoms with E-state index in [4.69, 9.17) is 4.99 Å². The van der Waals surface area contributed by atoms with Crippen molar-refractivity contribution in [1.29, 1.82) is 0 Å². The van der Waals surface area contributed by atoms with Crippen molar-refractivity contribution in [3.8, 4) is 0 Å². The molecule has 0 saturated carbocycles. The molecule has 0 radical (unpaired) electrons. The lowest BCUT2D eigenvalue weighted by molar-refractivity contribution is -0.805. The molecule has 0 N–H and O–H groups in total. The molecule has 0 fully saturated rings. The molecule has 0 unspecified atom stereocenters. The quantitative estimate of drug-likeness (QED) is 0.264. The molecule has 0 aliphatic carbocycles. The molecule has 0 amide bonds. The predicted molar refractivity (Wildman–Crippen MR) is 90.9 cm³/mol. The van der Waals surface area contributed by atoms with Crippen molar-refractivity contribution in [3.63, 3.8) is 0 Å². The highest BCUT2D eigenvalue weighted by molar-refractivity contribution is 7.85. The average molecular weight is 336 g/mol. The van der Waals surface area contributed by atoms with Gasteiger partial charge in [-0.1, -0.05) is 20.8 Å². The van der Waals surface area contributed by atoms with Gasteiger partial charge >= 0.3 is 0 Å². The number of guanidine groups is 1. The van der Waals surface area contributed by atoms with Gasteiger partial charge < -0.3 is 9.45 Å². The zero-order valence-electron chi connectivity index (χ0n) is 14.8. The first-order chi connectivity index (χ1) is 10.2. The molecule has 0 aromatic rings. The van der Waals surface area contributed by atoms with E-state index in [2.05, 4.69) is 25.7 Å². The fraction of sp³-hybridized carbons (Fsp3) is 0.933. The van der Waals surface area contributed by atoms with Crippen molar-refractivity contribution in [1.82, 2.24) is 4.90 Å². The molecular formula is C15H33N3O3S. The van der Waals surface area contributed by atoms with Gasteiger partial charge in [0.1, 0.15) is 0 Å². The lowest BCUT2D eigenvalue weighted by Crippen LogP contribution is -2.55. The molecular weight excluding hydrogens is 302 g/mol.